The van der Waals surface area contributed by atoms with Crippen molar-refractivity contribution in [2.45, 2.75) is 0 Å². The van der Waals surface area contributed by atoms with Gasteiger partial charge in [-0.3, -0.25) is 0 Å². The molecule has 0 bridgehead atoms. The van der Waals surface area contributed by atoms with Crippen molar-refractivity contribution in [3.05, 3.63) is 231 Å². The molecule has 0 unspecified atom stereocenters. The maximum Gasteiger partial charge on any atom is 0.0561 e. The molecule has 0 atom stereocenters. The smallest absolute Gasteiger partial charge is 0.0561 e. The molecule has 61 heavy (non-hydrogen) atoms. The van der Waals surface area contributed by atoms with Crippen LogP contribution in [0, 0.1) is 0 Å². The Morgan fingerprint density at radius 1 is 0.344 bits per heavy atom. The molecule has 0 aliphatic rings. The summed E-state index contributed by atoms with van der Waals surface area (Å²) in [7, 11) is 0. The Labute approximate surface area is 358 Å². The Hall–Kier alpha value is -7.72. The predicted molar refractivity (Wildman–Crippen MR) is 262 cm³/mol. The van der Waals surface area contributed by atoms with E-state index in [1.54, 1.807) is 0 Å². The number of anilines is 3. The molecule has 0 fully saturated rings. The molecule has 2 nitrogen and oxygen atoms in total. The van der Waals surface area contributed by atoms with Gasteiger partial charge in [0.15, 0.2) is 0 Å². The summed E-state index contributed by atoms with van der Waals surface area (Å²) in [5.74, 6) is 0. The largest absolute Gasteiger partial charge is 0.310 e. The van der Waals surface area contributed by atoms with Crippen molar-refractivity contribution in [2.75, 3.05) is 4.90 Å². The number of nitrogens with zero attached hydrogens (tertiary/aromatic N) is 2. The number of rotatable bonds is 7. The van der Waals surface area contributed by atoms with Crippen molar-refractivity contribution in [3.63, 3.8) is 0 Å². The Balaban J connectivity index is 1.10. The molecule has 2 aromatic heterocycles. The Kier molecular flexibility index (Phi) is 8.39. The first-order valence-electron chi connectivity index (χ1n) is 20.8. The fourth-order valence-corrected chi connectivity index (χ4v) is 10.6. The van der Waals surface area contributed by atoms with Crippen LogP contribution >= 0.6 is 11.3 Å². The molecule has 12 aromatic rings. The van der Waals surface area contributed by atoms with E-state index < -0.39 is 0 Å². The third kappa shape index (κ3) is 5.85. The zero-order valence-electron chi connectivity index (χ0n) is 33.2. The fourth-order valence-electron chi connectivity index (χ4n) is 9.51. The molecule has 0 saturated carbocycles. The summed E-state index contributed by atoms with van der Waals surface area (Å²) in [6.45, 7) is 0. The predicted octanol–water partition coefficient (Wildman–Crippen LogP) is 16.8. The minimum Gasteiger partial charge on any atom is -0.310 e. The second-order valence-corrected chi connectivity index (χ2v) is 16.7. The van der Waals surface area contributed by atoms with Gasteiger partial charge in [-0.2, -0.15) is 0 Å². The number of hydrogen-bond donors (Lipinski definition) is 0. The van der Waals surface area contributed by atoms with Crippen LogP contribution < -0.4 is 4.90 Å². The molecule has 0 aliphatic carbocycles. The van der Waals surface area contributed by atoms with E-state index in [0.29, 0.717) is 0 Å². The first-order chi connectivity index (χ1) is 30.3. The van der Waals surface area contributed by atoms with Crippen LogP contribution in [0.15, 0.2) is 231 Å². The standard InChI is InChI=1S/C58H38N2S/c1-3-16-39(17-4-1)45-25-13-18-41-19-14-27-50(57(41)45)48-23-8-10-28-52(48)59(43-34-32-40(33-35-43)46-26-15-31-56-58(46)51-24-9-12-30-55(51)61-56)44-36-37-49-47-22-7-11-29-53(47)60(54(49)38-44)42-20-5-2-6-21-42/h1-38H. The first-order valence-corrected chi connectivity index (χ1v) is 21.7. The zero-order valence-corrected chi connectivity index (χ0v) is 34.1. The lowest BCUT2D eigenvalue weighted by atomic mass is 9.90. The number of aromatic nitrogens is 1. The fraction of sp³-hybridized carbons (Fsp3) is 0. The van der Waals surface area contributed by atoms with Crippen LogP contribution in [0.1, 0.15) is 0 Å². The summed E-state index contributed by atoms with van der Waals surface area (Å²) < 4.78 is 5.03. The minimum atomic E-state index is 1.09. The van der Waals surface area contributed by atoms with E-state index in [0.717, 1.165) is 28.3 Å². The summed E-state index contributed by atoms with van der Waals surface area (Å²) >= 11 is 1.86. The minimum absolute atomic E-state index is 1.09. The quantitative estimate of drug-likeness (QED) is 0.156. The Bertz CT molecular complexity index is 3580. The van der Waals surface area contributed by atoms with E-state index >= 15 is 0 Å². The van der Waals surface area contributed by atoms with Crippen LogP contribution in [0.5, 0.6) is 0 Å². The van der Waals surface area contributed by atoms with Crippen molar-refractivity contribution in [1.82, 2.24) is 4.57 Å². The second-order valence-electron chi connectivity index (χ2n) is 15.6. The van der Waals surface area contributed by atoms with E-state index in [1.165, 1.54) is 80.6 Å². The first kappa shape index (κ1) is 35.2. The van der Waals surface area contributed by atoms with Crippen molar-refractivity contribution >= 4 is 81.1 Å². The van der Waals surface area contributed by atoms with Crippen LogP contribution in [0.25, 0.3) is 91.8 Å². The van der Waals surface area contributed by atoms with Crippen LogP contribution in [-0.4, -0.2) is 4.57 Å². The number of para-hydroxylation sites is 3. The normalized spacial score (nSPS) is 11.6. The van der Waals surface area contributed by atoms with Crippen molar-refractivity contribution in [3.8, 4) is 39.1 Å². The van der Waals surface area contributed by atoms with Crippen LogP contribution in [-0.2, 0) is 0 Å². The van der Waals surface area contributed by atoms with E-state index in [1.807, 2.05) is 11.3 Å². The summed E-state index contributed by atoms with van der Waals surface area (Å²) in [5, 5.41) is 7.56. The van der Waals surface area contributed by atoms with E-state index in [2.05, 4.69) is 240 Å². The van der Waals surface area contributed by atoms with Gasteiger partial charge in [-0.25, -0.2) is 0 Å². The lowest BCUT2D eigenvalue weighted by Crippen LogP contribution is -2.11. The van der Waals surface area contributed by atoms with E-state index in [-0.39, 0.29) is 0 Å². The molecule has 12 rings (SSSR count). The van der Waals surface area contributed by atoms with Crippen LogP contribution in [0.4, 0.5) is 17.1 Å². The lowest BCUT2D eigenvalue weighted by molar-refractivity contribution is 1.18. The highest BCUT2D eigenvalue weighted by Crippen LogP contribution is 2.47. The van der Waals surface area contributed by atoms with Gasteiger partial charge in [0.25, 0.3) is 0 Å². The average molecular weight is 795 g/mol. The van der Waals surface area contributed by atoms with E-state index in [4.69, 9.17) is 0 Å². The monoisotopic (exact) mass is 794 g/mol. The molecular weight excluding hydrogens is 757 g/mol. The molecule has 0 amide bonds. The van der Waals surface area contributed by atoms with Crippen molar-refractivity contribution in [1.29, 1.82) is 0 Å². The second kappa shape index (κ2) is 14.5. The number of benzene rings is 10. The van der Waals surface area contributed by atoms with Crippen LogP contribution in [0.2, 0.25) is 0 Å². The highest BCUT2D eigenvalue weighted by Gasteiger charge is 2.22. The van der Waals surface area contributed by atoms with Crippen molar-refractivity contribution < 1.29 is 0 Å². The van der Waals surface area contributed by atoms with Gasteiger partial charge in [0.1, 0.15) is 0 Å². The number of hydrogen-bond acceptors (Lipinski definition) is 2. The molecule has 0 N–H and O–H groups in total. The third-order valence-corrected chi connectivity index (χ3v) is 13.3. The van der Waals surface area contributed by atoms with E-state index in [9.17, 15) is 0 Å². The van der Waals surface area contributed by atoms with Gasteiger partial charge in [-0.05, 0) is 99.3 Å². The molecular formula is C58H38N2S. The zero-order chi connectivity index (χ0) is 40.3. The van der Waals surface area contributed by atoms with Gasteiger partial charge in [0.05, 0.1) is 16.7 Å². The molecule has 0 saturated heterocycles. The van der Waals surface area contributed by atoms with Gasteiger partial charge in [-0.15, -0.1) is 11.3 Å². The Morgan fingerprint density at radius 3 is 1.74 bits per heavy atom. The molecule has 0 spiro atoms. The average Bonchev–Trinajstić information content (AvgIpc) is 3.88. The van der Waals surface area contributed by atoms with Gasteiger partial charge < -0.3 is 9.47 Å². The molecule has 10 aromatic carbocycles. The van der Waals surface area contributed by atoms with Crippen LogP contribution in [0.3, 0.4) is 0 Å². The molecule has 286 valence electrons. The Morgan fingerprint density at radius 2 is 0.918 bits per heavy atom. The summed E-state index contributed by atoms with van der Waals surface area (Å²) in [6.07, 6.45) is 0. The van der Waals surface area contributed by atoms with Gasteiger partial charge >= 0.3 is 0 Å². The number of thiophene rings is 1. The topological polar surface area (TPSA) is 8.17 Å². The summed E-state index contributed by atoms with van der Waals surface area (Å²) in [6, 6.07) is 84.2. The molecule has 3 heteroatoms. The maximum absolute atomic E-state index is 2.45. The van der Waals surface area contributed by atoms with Gasteiger partial charge in [-0.1, -0.05) is 170 Å². The SMILES string of the molecule is c1ccc(-c2cccc3cccc(-c4ccccc4N(c4ccc(-c5cccc6sc7ccccc7c56)cc4)c4ccc5c6ccccc6n(-c6ccccc6)c5c4)c23)cc1. The molecule has 2 heterocycles. The summed E-state index contributed by atoms with van der Waals surface area (Å²) in [5.41, 5.74) is 14.0. The molecule has 0 aliphatic heterocycles. The van der Waals surface area contributed by atoms with Crippen molar-refractivity contribution in [2.24, 2.45) is 0 Å². The molecule has 0 radical (unpaired) electrons. The highest BCUT2D eigenvalue weighted by molar-refractivity contribution is 7.25. The third-order valence-electron chi connectivity index (χ3n) is 12.2. The maximum atomic E-state index is 2.45. The lowest BCUT2D eigenvalue weighted by Gasteiger charge is -2.29. The summed E-state index contributed by atoms with van der Waals surface area (Å²) in [4.78, 5) is 2.45. The number of fused-ring (bicyclic) bond motifs is 7. The van der Waals surface area contributed by atoms with Gasteiger partial charge in [0.2, 0.25) is 0 Å². The highest BCUT2D eigenvalue weighted by atomic mass is 32.1. The van der Waals surface area contributed by atoms with Gasteiger partial charge in [0, 0.05) is 53.6 Å².